The van der Waals surface area contributed by atoms with Gasteiger partial charge in [0.15, 0.2) is 6.10 Å². The number of hydrogen-bond donors (Lipinski definition) is 5. The van der Waals surface area contributed by atoms with Crippen LogP contribution in [0.25, 0.3) is 21.6 Å². The van der Waals surface area contributed by atoms with E-state index in [4.69, 9.17) is 9.72 Å². The summed E-state index contributed by atoms with van der Waals surface area (Å²) in [5.74, 6) is -0.565. The molecular formula is C39H53N7O6S. The van der Waals surface area contributed by atoms with E-state index in [9.17, 15) is 24.3 Å². The van der Waals surface area contributed by atoms with Crippen LogP contribution in [0.2, 0.25) is 0 Å². The predicted octanol–water partition coefficient (Wildman–Crippen LogP) is 4.53. The quantitative estimate of drug-likeness (QED) is 0.180. The van der Waals surface area contributed by atoms with Crippen LogP contribution in [-0.2, 0) is 14.4 Å². The van der Waals surface area contributed by atoms with E-state index < -0.39 is 65.0 Å². The van der Waals surface area contributed by atoms with Crippen molar-refractivity contribution in [1.29, 1.82) is 0 Å². The average molecular weight is 748 g/mol. The monoisotopic (exact) mass is 747 g/mol. The van der Waals surface area contributed by atoms with Gasteiger partial charge < -0.3 is 36.0 Å². The molecule has 5 N–H and O–H groups in total. The van der Waals surface area contributed by atoms with Gasteiger partial charge in [-0.2, -0.15) is 0 Å². The Morgan fingerprint density at radius 1 is 1.02 bits per heavy atom. The molecule has 2 aliphatic carbocycles. The lowest BCUT2D eigenvalue weighted by Crippen LogP contribution is -2.61. The number of likely N-dealkylation sites (tertiary alicyclic amines) is 1. The van der Waals surface area contributed by atoms with Gasteiger partial charge in [-0.1, -0.05) is 46.1 Å². The van der Waals surface area contributed by atoms with E-state index in [1.54, 1.807) is 6.20 Å². The first-order valence-corrected chi connectivity index (χ1v) is 19.6. The Balaban J connectivity index is 1.29. The summed E-state index contributed by atoms with van der Waals surface area (Å²) in [4.78, 5) is 65.9. The summed E-state index contributed by atoms with van der Waals surface area (Å²) >= 11 is 1.48. The summed E-state index contributed by atoms with van der Waals surface area (Å²) in [5.41, 5.74) is 0.791. The number of nitrogens with zero attached hydrogens (tertiary/aromatic N) is 3. The Kier molecular flexibility index (Phi) is 11.3. The Labute approximate surface area is 315 Å². The lowest BCUT2D eigenvalue weighted by atomic mass is 9.79. The molecule has 1 aliphatic heterocycles. The average Bonchev–Trinajstić information content (AvgIpc) is 3.57. The van der Waals surface area contributed by atoms with Crippen molar-refractivity contribution in [2.45, 2.75) is 128 Å². The molecule has 3 aromatic rings. The van der Waals surface area contributed by atoms with Crippen LogP contribution >= 0.6 is 11.3 Å². The third-order valence-corrected chi connectivity index (χ3v) is 11.0. The smallest absolute Gasteiger partial charge is 0.315 e. The van der Waals surface area contributed by atoms with Gasteiger partial charge in [-0.3, -0.25) is 19.4 Å². The maximum Gasteiger partial charge on any atom is 0.315 e. The number of rotatable bonds is 12. The predicted molar refractivity (Wildman–Crippen MR) is 203 cm³/mol. The first-order valence-electron chi connectivity index (χ1n) is 18.7. The van der Waals surface area contributed by atoms with E-state index in [0.717, 1.165) is 42.3 Å². The van der Waals surface area contributed by atoms with Crippen LogP contribution in [0.4, 0.5) is 4.79 Å². The fraction of sp³-hybridized carbons (Fsp3) is 0.590. The second-order valence-corrected chi connectivity index (χ2v) is 17.8. The molecule has 3 aromatic heterocycles. The zero-order valence-electron chi connectivity index (χ0n) is 31.5. The zero-order chi connectivity index (χ0) is 38.1. The maximum atomic E-state index is 14.6. The number of ether oxygens (including phenoxy) is 1. The van der Waals surface area contributed by atoms with E-state index in [0.29, 0.717) is 23.6 Å². The molecule has 286 valence electrons. The molecular weight excluding hydrogens is 695 g/mol. The van der Waals surface area contributed by atoms with E-state index in [2.05, 4.69) is 26.3 Å². The minimum atomic E-state index is -1.43. The Morgan fingerprint density at radius 3 is 2.40 bits per heavy atom. The van der Waals surface area contributed by atoms with Crippen molar-refractivity contribution in [1.82, 2.24) is 36.1 Å². The third kappa shape index (κ3) is 9.63. The van der Waals surface area contributed by atoms with Crippen LogP contribution in [0.1, 0.15) is 86.5 Å². The normalized spacial score (nSPS) is 20.9. The van der Waals surface area contributed by atoms with Crippen LogP contribution in [-0.4, -0.2) is 92.2 Å². The van der Waals surface area contributed by atoms with Gasteiger partial charge in [0, 0.05) is 30.3 Å². The molecule has 3 aliphatic rings. The van der Waals surface area contributed by atoms with Crippen LogP contribution < -0.4 is 26.0 Å². The van der Waals surface area contributed by atoms with Gasteiger partial charge in [-0.15, -0.1) is 11.3 Å². The molecule has 0 spiro atoms. The van der Waals surface area contributed by atoms with Crippen molar-refractivity contribution in [3.05, 3.63) is 41.9 Å². The van der Waals surface area contributed by atoms with Gasteiger partial charge in [0.25, 0.3) is 5.91 Å². The second kappa shape index (κ2) is 15.6. The van der Waals surface area contributed by atoms with E-state index in [1.165, 1.54) is 16.2 Å². The van der Waals surface area contributed by atoms with Gasteiger partial charge in [0.05, 0.1) is 34.2 Å². The molecule has 4 heterocycles. The summed E-state index contributed by atoms with van der Waals surface area (Å²) in [6, 6.07) is 6.08. The number of amides is 5. The van der Waals surface area contributed by atoms with Gasteiger partial charge in [-0.25, -0.2) is 9.78 Å². The highest BCUT2D eigenvalue weighted by atomic mass is 32.1. The summed E-state index contributed by atoms with van der Waals surface area (Å²) in [6.07, 6.45) is 5.00. The summed E-state index contributed by atoms with van der Waals surface area (Å²) < 4.78 is 7.50. The van der Waals surface area contributed by atoms with E-state index >= 15 is 0 Å². The number of fused-ring (bicyclic) bond motifs is 1. The van der Waals surface area contributed by atoms with Gasteiger partial charge in [0.2, 0.25) is 11.8 Å². The lowest BCUT2D eigenvalue weighted by molar-refractivity contribution is -0.143. The number of urea groups is 1. The molecule has 2 saturated carbocycles. The number of aliphatic hydroxyl groups excluding tert-OH is 1. The van der Waals surface area contributed by atoms with Crippen molar-refractivity contribution in [2.24, 2.45) is 11.3 Å². The first kappa shape index (κ1) is 38.4. The third-order valence-electron chi connectivity index (χ3n) is 10.0. The fourth-order valence-corrected chi connectivity index (χ4v) is 7.66. The lowest BCUT2D eigenvalue weighted by Gasteiger charge is -2.37. The summed E-state index contributed by atoms with van der Waals surface area (Å²) in [7, 11) is 0. The fourth-order valence-electron chi connectivity index (χ4n) is 6.87. The minimum Gasteiger partial charge on any atom is -0.487 e. The number of aromatic nitrogens is 2. The van der Waals surface area contributed by atoms with Crippen LogP contribution in [0.15, 0.2) is 41.9 Å². The molecule has 0 bridgehead atoms. The largest absolute Gasteiger partial charge is 0.487 e. The molecule has 0 radical (unpaired) electrons. The van der Waals surface area contributed by atoms with Crippen LogP contribution in [0, 0.1) is 11.3 Å². The molecule has 14 heteroatoms. The highest BCUT2D eigenvalue weighted by Gasteiger charge is 2.47. The Bertz CT molecular complexity index is 1800. The van der Waals surface area contributed by atoms with Gasteiger partial charge in [-0.05, 0) is 74.9 Å². The highest BCUT2D eigenvalue weighted by molar-refractivity contribution is 7.17. The number of aliphatic hydroxyl groups is 1. The maximum absolute atomic E-state index is 14.6. The number of thiophene rings is 1. The SMILES string of the molecule is CC(C)(C)NC(=O)N[C@H](C(=O)N1C[C@H](Oc2cc(-c3ccccn3)nc3ccsc23)CC1C(=O)N[C@@H](CC1CCC1)C(O)C(=O)NC1CC1)C(C)(C)C. The number of carbonyl (C=O) groups excluding carboxylic acids is 4. The van der Waals surface area contributed by atoms with Crippen molar-refractivity contribution in [3.8, 4) is 17.1 Å². The Morgan fingerprint density at radius 2 is 1.77 bits per heavy atom. The number of hydrogen-bond acceptors (Lipinski definition) is 9. The molecule has 5 atom stereocenters. The van der Waals surface area contributed by atoms with E-state index in [1.807, 2.05) is 77.3 Å². The second-order valence-electron chi connectivity index (χ2n) is 16.9. The number of nitrogens with one attached hydrogen (secondary N) is 4. The van der Waals surface area contributed by atoms with Crippen molar-refractivity contribution < 1.29 is 29.0 Å². The van der Waals surface area contributed by atoms with E-state index in [-0.39, 0.29) is 24.9 Å². The topological polar surface area (TPSA) is 175 Å². The first-order chi connectivity index (χ1) is 25.1. The highest BCUT2D eigenvalue weighted by Crippen LogP contribution is 2.36. The minimum absolute atomic E-state index is 0.0524. The van der Waals surface area contributed by atoms with Crippen molar-refractivity contribution >= 4 is 45.3 Å². The number of pyridine rings is 2. The standard InChI is InChI=1S/C39H53N7O6S/c1-38(2,3)33(44-37(51)45-39(4,5)6)36(50)46-21-24(52-30-20-27(25-12-7-8-16-40-25)42-26-15-17-53-32(26)30)19-29(46)34(48)43-28(18-22-10-9-11-22)31(47)35(49)41-23-13-14-23/h7-8,12,15-17,20,22-24,28-29,31,33,47H,9-11,13-14,18-19,21H2,1-6H3,(H,41,49)(H,43,48)(H2,44,45,51)/t24-,28+,29?,31?,33-/m1/s1. The molecule has 3 fully saturated rings. The van der Waals surface area contributed by atoms with Gasteiger partial charge in [0.1, 0.15) is 23.9 Å². The summed E-state index contributed by atoms with van der Waals surface area (Å²) in [5, 5.41) is 24.8. The molecule has 53 heavy (non-hydrogen) atoms. The molecule has 1 saturated heterocycles. The molecule has 2 unspecified atom stereocenters. The van der Waals surface area contributed by atoms with Crippen LogP contribution in [0.5, 0.6) is 5.75 Å². The molecule has 5 amide bonds. The number of carbonyl (C=O) groups is 4. The summed E-state index contributed by atoms with van der Waals surface area (Å²) in [6.45, 7) is 11.2. The van der Waals surface area contributed by atoms with Crippen molar-refractivity contribution in [3.63, 3.8) is 0 Å². The zero-order valence-corrected chi connectivity index (χ0v) is 32.3. The Hall–Kier alpha value is -4.30. The molecule has 0 aromatic carbocycles. The van der Waals surface area contributed by atoms with Gasteiger partial charge >= 0.3 is 6.03 Å². The molecule has 6 rings (SSSR count). The molecule has 13 nitrogen and oxygen atoms in total. The van der Waals surface area contributed by atoms with Crippen molar-refractivity contribution in [2.75, 3.05) is 6.54 Å². The van der Waals surface area contributed by atoms with Crippen LogP contribution in [0.3, 0.4) is 0 Å².